The Morgan fingerprint density at radius 1 is 1.25 bits per heavy atom. The number of ether oxygens (including phenoxy) is 1. The van der Waals surface area contributed by atoms with Crippen LogP contribution in [0.3, 0.4) is 0 Å². The van der Waals surface area contributed by atoms with Crippen LogP contribution in [-0.2, 0) is 14.3 Å². The number of nitrogens with one attached hydrogen (secondary N) is 1. The SMILES string of the molecule is CCCCOC(=O)/C=C\C(=O)NC(C)(C)C. The van der Waals surface area contributed by atoms with E-state index < -0.39 is 5.97 Å². The van der Waals surface area contributed by atoms with Crippen molar-refractivity contribution in [2.24, 2.45) is 0 Å². The molecule has 0 aliphatic rings. The highest BCUT2D eigenvalue weighted by molar-refractivity contribution is 5.94. The van der Waals surface area contributed by atoms with Gasteiger partial charge < -0.3 is 10.1 Å². The second kappa shape index (κ2) is 7.04. The van der Waals surface area contributed by atoms with Gasteiger partial charge in [-0.1, -0.05) is 13.3 Å². The monoisotopic (exact) mass is 227 g/mol. The first kappa shape index (κ1) is 14.7. The molecule has 0 aliphatic heterocycles. The molecule has 0 fully saturated rings. The largest absolute Gasteiger partial charge is 0.463 e. The molecule has 0 aromatic rings. The van der Waals surface area contributed by atoms with Gasteiger partial charge in [0.15, 0.2) is 0 Å². The number of hydrogen-bond donors (Lipinski definition) is 1. The van der Waals surface area contributed by atoms with Crippen molar-refractivity contribution in [3.05, 3.63) is 12.2 Å². The summed E-state index contributed by atoms with van der Waals surface area (Å²) in [6.07, 6.45) is 4.16. The third-order valence-electron chi connectivity index (χ3n) is 1.61. The maximum Gasteiger partial charge on any atom is 0.330 e. The Morgan fingerprint density at radius 2 is 1.88 bits per heavy atom. The highest BCUT2D eigenvalue weighted by Crippen LogP contribution is 1.98. The van der Waals surface area contributed by atoms with Crippen LogP contribution < -0.4 is 5.32 Å². The zero-order valence-corrected chi connectivity index (χ0v) is 10.5. The fourth-order valence-corrected chi connectivity index (χ4v) is 0.920. The lowest BCUT2D eigenvalue weighted by Crippen LogP contribution is -2.39. The Kier molecular flexibility index (Phi) is 6.46. The van der Waals surface area contributed by atoms with Crippen LogP contribution in [0.25, 0.3) is 0 Å². The average molecular weight is 227 g/mol. The van der Waals surface area contributed by atoms with Gasteiger partial charge in [-0.2, -0.15) is 0 Å². The van der Waals surface area contributed by atoms with E-state index in [0.717, 1.165) is 18.9 Å². The summed E-state index contributed by atoms with van der Waals surface area (Å²) in [7, 11) is 0. The van der Waals surface area contributed by atoms with E-state index in [1.165, 1.54) is 6.08 Å². The highest BCUT2D eigenvalue weighted by atomic mass is 16.5. The lowest BCUT2D eigenvalue weighted by atomic mass is 10.1. The number of amides is 1. The predicted octanol–water partition coefficient (Wildman–Crippen LogP) is 1.80. The number of hydrogen-bond acceptors (Lipinski definition) is 3. The van der Waals surface area contributed by atoms with Crippen LogP contribution >= 0.6 is 0 Å². The van der Waals surface area contributed by atoms with Crippen LogP contribution in [-0.4, -0.2) is 24.0 Å². The first-order valence-electron chi connectivity index (χ1n) is 5.52. The maximum absolute atomic E-state index is 11.3. The van der Waals surface area contributed by atoms with Gasteiger partial charge >= 0.3 is 5.97 Å². The molecule has 4 nitrogen and oxygen atoms in total. The summed E-state index contributed by atoms with van der Waals surface area (Å²) < 4.78 is 4.86. The Hall–Kier alpha value is -1.32. The number of carbonyl (C=O) groups excluding carboxylic acids is 2. The van der Waals surface area contributed by atoms with Gasteiger partial charge in [0, 0.05) is 17.7 Å². The van der Waals surface area contributed by atoms with Crippen LogP contribution in [0.5, 0.6) is 0 Å². The molecule has 0 saturated carbocycles. The molecule has 4 heteroatoms. The van der Waals surface area contributed by atoms with E-state index in [9.17, 15) is 9.59 Å². The van der Waals surface area contributed by atoms with Gasteiger partial charge in [0.2, 0.25) is 5.91 Å². The lowest BCUT2D eigenvalue weighted by Gasteiger charge is -2.18. The van der Waals surface area contributed by atoms with Crippen LogP contribution in [0.4, 0.5) is 0 Å². The standard InChI is InChI=1S/C12H21NO3/c1-5-6-9-16-11(15)8-7-10(14)13-12(2,3)4/h7-8H,5-6,9H2,1-4H3,(H,13,14)/b8-7-. The van der Waals surface area contributed by atoms with Crippen molar-refractivity contribution in [3.63, 3.8) is 0 Å². The minimum absolute atomic E-state index is 0.292. The second-order valence-electron chi connectivity index (χ2n) is 4.59. The van der Waals surface area contributed by atoms with Gasteiger partial charge in [-0.15, -0.1) is 0 Å². The fraction of sp³-hybridized carbons (Fsp3) is 0.667. The van der Waals surface area contributed by atoms with E-state index in [1.54, 1.807) is 0 Å². The van der Waals surface area contributed by atoms with E-state index in [4.69, 9.17) is 4.74 Å². The maximum atomic E-state index is 11.3. The number of esters is 1. The summed E-state index contributed by atoms with van der Waals surface area (Å²) in [5.41, 5.74) is -0.298. The van der Waals surface area contributed by atoms with Gasteiger partial charge in [0.25, 0.3) is 0 Å². The molecule has 0 aromatic heterocycles. The molecule has 0 aliphatic carbocycles. The lowest BCUT2D eigenvalue weighted by molar-refractivity contribution is -0.138. The van der Waals surface area contributed by atoms with Gasteiger partial charge in [-0.25, -0.2) is 4.79 Å². The van der Waals surface area contributed by atoms with E-state index in [-0.39, 0.29) is 11.4 Å². The van der Waals surface area contributed by atoms with E-state index in [1.807, 2.05) is 27.7 Å². The van der Waals surface area contributed by atoms with Crippen LogP contribution in [0.2, 0.25) is 0 Å². The first-order chi connectivity index (χ1) is 7.35. The third-order valence-corrected chi connectivity index (χ3v) is 1.61. The molecule has 0 heterocycles. The highest BCUT2D eigenvalue weighted by Gasteiger charge is 2.11. The van der Waals surface area contributed by atoms with E-state index in [2.05, 4.69) is 5.32 Å². The molecule has 0 atom stereocenters. The second-order valence-corrected chi connectivity index (χ2v) is 4.59. The van der Waals surface area contributed by atoms with E-state index in [0.29, 0.717) is 6.61 Å². The molecular formula is C12H21NO3. The van der Waals surface area contributed by atoms with Crippen molar-refractivity contribution < 1.29 is 14.3 Å². The summed E-state index contributed by atoms with van der Waals surface area (Å²) in [5, 5.41) is 2.71. The predicted molar refractivity (Wildman–Crippen MR) is 62.9 cm³/mol. The van der Waals surface area contributed by atoms with Gasteiger partial charge in [0.1, 0.15) is 0 Å². The topological polar surface area (TPSA) is 55.4 Å². The minimum Gasteiger partial charge on any atom is -0.463 e. The Morgan fingerprint density at radius 3 is 2.38 bits per heavy atom. The normalized spacial score (nSPS) is 11.5. The summed E-state index contributed by atoms with van der Waals surface area (Å²) >= 11 is 0. The summed E-state index contributed by atoms with van der Waals surface area (Å²) in [6, 6.07) is 0. The minimum atomic E-state index is -0.475. The molecule has 0 spiro atoms. The zero-order chi connectivity index (χ0) is 12.6. The average Bonchev–Trinajstić information content (AvgIpc) is 2.12. The van der Waals surface area contributed by atoms with Crippen LogP contribution in [0, 0.1) is 0 Å². The van der Waals surface area contributed by atoms with Gasteiger partial charge in [-0.05, 0) is 27.2 Å². The molecule has 92 valence electrons. The molecule has 0 rings (SSSR count). The molecule has 0 bridgehead atoms. The van der Waals surface area contributed by atoms with Gasteiger partial charge in [0.05, 0.1) is 6.61 Å². The molecule has 1 amide bonds. The molecular weight excluding hydrogens is 206 g/mol. The number of rotatable bonds is 5. The van der Waals surface area contributed by atoms with Crippen molar-refractivity contribution in [2.45, 2.75) is 46.1 Å². The number of unbranched alkanes of at least 4 members (excludes halogenated alkanes) is 1. The molecule has 0 radical (unpaired) electrons. The molecule has 0 unspecified atom stereocenters. The van der Waals surface area contributed by atoms with Crippen molar-refractivity contribution in [1.29, 1.82) is 0 Å². The Balaban J connectivity index is 3.89. The summed E-state index contributed by atoms with van der Waals surface area (Å²) in [4.78, 5) is 22.4. The molecule has 0 saturated heterocycles. The smallest absolute Gasteiger partial charge is 0.330 e. The fourth-order valence-electron chi connectivity index (χ4n) is 0.920. The van der Waals surface area contributed by atoms with E-state index >= 15 is 0 Å². The van der Waals surface area contributed by atoms with Crippen molar-refractivity contribution in [1.82, 2.24) is 5.32 Å². The summed E-state index contributed by atoms with van der Waals surface area (Å²) in [5.74, 6) is -0.766. The van der Waals surface area contributed by atoms with Gasteiger partial charge in [-0.3, -0.25) is 4.79 Å². The Labute approximate surface area is 97.1 Å². The molecule has 0 aromatic carbocycles. The van der Waals surface area contributed by atoms with Crippen LogP contribution in [0.15, 0.2) is 12.2 Å². The molecule has 16 heavy (non-hydrogen) atoms. The van der Waals surface area contributed by atoms with Crippen molar-refractivity contribution in [2.75, 3.05) is 6.61 Å². The van der Waals surface area contributed by atoms with Crippen molar-refractivity contribution >= 4 is 11.9 Å². The quantitative estimate of drug-likeness (QED) is 0.442. The summed E-state index contributed by atoms with van der Waals surface area (Å²) in [6.45, 7) is 8.04. The Bertz CT molecular complexity index is 264. The van der Waals surface area contributed by atoms with Crippen molar-refractivity contribution in [3.8, 4) is 0 Å². The third kappa shape index (κ3) is 9.24. The number of carbonyl (C=O) groups is 2. The van der Waals surface area contributed by atoms with Crippen LogP contribution in [0.1, 0.15) is 40.5 Å². The molecule has 1 N–H and O–H groups in total. The first-order valence-corrected chi connectivity index (χ1v) is 5.52. The zero-order valence-electron chi connectivity index (χ0n) is 10.5.